The molecule has 0 radical (unpaired) electrons. The van der Waals surface area contributed by atoms with E-state index in [9.17, 15) is 26.8 Å². The van der Waals surface area contributed by atoms with E-state index >= 15 is 0 Å². The zero-order chi connectivity index (χ0) is 42.7. The number of carbonyl (C=O) groups is 2. The average molecular weight is 918 g/mol. The number of ether oxygens (including phenoxy) is 4. The topological polar surface area (TPSA) is 137 Å². The molecule has 5 heterocycles. The summed E-state index contributed by atoms with van der Waals surface area (Å²) in [6.07, 6.45) is 5.21. The highest BCUT2D eigenvalue weighted by molar-refractivity contribution is 8.02. The molecule has 4 aliphatic heterocycles. The van der Waals surface area contributed by atoms with Gasteiger partial charge in [-0.25, -0.2) is 18.0 Å². The Morgan fingerprint density at radius 3 is 2.34 bits per heavy atom. The first-order chi connectivity index (χ1) is 29.4. The van der Waals surface area contributed by atoms with Crippen molar-refractivity contribution in [1.82, 2.24) is 14.2 Å². The first-order valence-electron chi connectivity index (χ1n) is 20.1. The number of esters is 2. The van der Waals surface area contributed by atoms with Crippen molar-refractivity contribution in [2.75, 3.05) is 43.9 Å². The quantitative estimate of drug-likeness (QED) is 0.102. The molecule has 2 bridgehead atoms. The Bertz CT molecular complexity index is 2300. The summed E-state index contributed by atoms with van der Waals surface area (Å²) in [6.45, 7) is -0.134. The van der Waals surface area contributed by atoms with E-state index in [2.05, 4.69) is 15.2 Å². The van der Waals surface area contributed by atoms with Gasteiger partial charge in [-0.1, -0.05) is 65.7 Å². The van der Waals surface area contributed by atoms with Gasteiger partial charge in [0.1, 0.15) is 12.2 Å². The van der Waals surface area contributed by atoms with Gasteiger partial charge in [0.25, 0.3) is 0 Å². The molecule has 3 aromatic carbocycles. The third kappa shape index (κ3) is 10.4. The number of sulfonamides is 1. The van der Waals surface area contributed by atoms with E-state index < -0.39 is 46.1 Å². The second-order valence-corrected chi connectivity index (χ2v) is 19.4. The van der Waals surface area contributed by atoms with Crippen LogP contribution in [0.1, 0.15) is 54.5 Å². The van der Waals surface area contributed by atoms with Crippen LogP contribution in [0, 0.1) is 11.8 Å². The number of pyridine rings is 1. The number of hydrogen-bond donors (Lipinski definition) is 1. The van der Waals surface area contributed by atoms with Crippen molar-refractivity contribution in [3.63, 3.8) is 0 Å². The SMILES string of the molecule is O=C(O[C@H]1CN2CCC1CC2)C(Nc1cccc(S(=O)(=O)N2CCS[C@H]2C(=O)O[C@@H](Cc2c(Cl)cncc2Cl)c2ccc(OC(F)F)c(OCC3CC3)c2)c1)c1ccccc1. The van der Waals surface area contributed by atoms with E-state index in [-0.39, 0.29) is 58.0 Å². The molecule has 4 saturated heterocycles. The Morgan fingerprint density at radius 1 is 0.902 bits per heavy atom. The van der Waals surface area contributed by atoms with Crippen LogP contribution >= 0.6 is 35.0 Å². The summed E-state index contributed by atoms with van der Waals surface area (Å²) in [4.78, 5) is 34.2. The number of aromatic nitrogens is 1. The van der Waals surface area contributed by atoms with Gasteiger partial charge in [-0.2, -0.15) is 13.1 Å². The molecule has 4 aromatic rings. The van der Waals surface area contributed by atoms with Crippen LogP contribution in [0.15, 0.2) is 90.1 Å². The number of fused-ring (bicyclic) bond motifs is 3. The fourth-order valence-electron chi connectivity index (χ4n) is 7.89. The lowest BCUT2D eigenvalue weighted by atomic mass is 9.86. The first kappa shape index (κ1) is 43.5. The molecule has 1 aliphatic carbocycles. The van der Waals surface area contributed by atoms with Gasteiger partial charge in [-0.3, -0.25) is 9.88 Å². The maximum absolute atomic E-state index is 14.4. The molecule has 9 rings (SSSR count). The standard InChI is InChI=1S/C43H44Cl2F2N4O8S2/c44-33-22-48-23-34(45)32(33)21-36(29-11-12-35(59-43(46)47)37(19-29)56-25-26-9-10-26)57-42(53)40-51(17-18-60-40)61(54,55)31-8-4-7-30(20-31)49-39(28-5-2-1-3-6-28)41(52)58-38-24-50-15-13-27(38)14-16-50/h1-8,11-12,19-20,22-23,26-27,36,38-40,43,49H,9-10,13-18,21,24-25H2/t36-,38-,39?,40-/m0/s1. The molecular weight excluding hydrogens is 874 g/mol. The fourth-order valence-corrected chi connectivity index (χ4v) is 11.5. The number of carbonyl (C=O) groups excluding carboxylic acids is 2. The molecular formula is C43H44Cl2F2N4O8S2. The smallest absolute Gasteiger partial charge is 0.387 e. The van der Waals surface area contributed by atoms with E-state index in [0.29, 0.717) is 40.6 Å². The molecule has 324 valence electrons. The highest BCUT2D eigenvalue weighted by Crippen LogP contribution is 2.40. The predicted octanol–water partition coefficient (Wildman–Crippen LogP) is 8.16. The largest absolute Gasteiger partial charge is 0.489 e. The van der Waals surface area contributed by atoms with Gasteiger partial charge in [0.15, 0.2) is 22.9 Å². The third-order valence-electron chi connectivity index (χ3n) is 11.4. The number of hydrogen-bond acceptors (Lipinski definition) is 12. The average Bonchev–Trinajstić information content (AvgIpc) is 3.95. The zero-order valence-electron chi connectivity index (χ0n) is 32.8. The molecule has 18 heteroatoms. The van der Waals surface area contributed by atoms with Gasteiger partial charge in [0, 0.05) is 43.3 Å². The molecule has 5 fully saturated rings. The molecule has 61 heavy (non-hydrogen) atoms. The number of benzene rings is 3. The number of alkyl halides is 2. The van der Waals surface area contributed by atoms with Crippen LogP contribution in [-0.4, -0.2) is 91.2 Å². The van der Waals surface area contributed by atoms with Crippen molar-refractivity contribution >= 4 is 62.6 Å². The molecule has 1 unspecified atom stereocenters. The number of anilines is 1. The van der Waals surface area contributed by atoms with Gasteiger partial charge >= 0.3 is 18.6 Å². The Labute approximate surface area is 367 Å². The molecule has 1 N–H and O–H groups in total. The first-order valence-corrected chi connectivity index (χ1v) is 23.3. The van der Waals surface area contributed by atoms with Gasteiger partial charge in [0.05, 0.1) is 21.5 Å². The van der Waals surface area contributed by atoms with Gasteiger partial charge < -0.3 is 24.3 Å². The number of rotatable bonds is 17. The molecule has 1 aromatic heterocycles. The van der Waals surface area contributed by atoms with E-state index in [4.69, 9.17) is 42.1 Å². The summed E-state index contributed by atoms with van der Waals surface area (Å²) < 4.78 is 79.5. The van der Waals surface area contributed by atoms with Crippen LogP contribution in [-0.2, 0) is 35.5 Å². The van der Waals surface area contributed by atoms with Crippen LogP contribution in [0.25, 0.3) is 0 Å². The third-order valence-corrected chi connectivity index (χ3v) is 15.2. The van der Waals surface area contributed by atoms with Gasteiger partial charge in [-0.15, -0.1) is 11.8 Å². The lowest BCUT2D eigenvalue weighted by Crippen LogP contribution is -2.52. The number of halogens is 4. The maximum atomic E-state index is 14.4. The lowest BCUT2D eigenvalue weighted by molar-refractivity contribution is -0.160. The van der Waals surface area contributed by atoms with Crippen molar-refractivity contribution in [3.05, 3.63) is 112 Å². The Kier molecular flexibility index (Phi) is 13.6. The summed E-state index contributed by atoms with van der Waals surface area (Å²) in [6, 6.07) is 18.5. The molecule has 0 spiro atoms. The predicted molar refractivity (Wildman–Crippen MR) is 227 cm³/mol. The summed E-state index contributed by atoms with van der Waals surface area (Å²) >= 11 is 14.1. The second-order valence-electron chi connectivity index (χ2n) is 15.5. The maximum Gasteiger partial charge on any atom is 0.387 e. The number of nitrogens with zero attached hydrogens (tertiary/aromatic N) is 3. The van der Waals surface area contributed by atoms with Crippen LogP contribution in [0.2, 0.25) is 10.0 Å². The molecule has 4 atom stereocenters. The highest BCUT2D eigenvalue weighted by atomic mass is 35.5. The van der Waals surface area contributed by atoms with E-state index in [1.807, 2.05) is 30.3 Å². The van der Waals surface area contributed by atoms with Crippen molar-refractivity contribution < 1.29 is 45.7 Å². The second kappa shape index (κ2) is 19.1. The zero-order valence-corrected chi connectivity index (χ0v) is 36.0. The van der Waals surface area contributed by atoms with Crippen molar-refractivity contribution in [1.29, 1.82) is 0 Å². The fraction of sp³-hybridized carbons (Fsp3) is 0.419. The van der Waals surface area contributed by atoms with E-state index in [1.54, 1.807) is 12.1 Å². The molecule has 1 saturated carbocycles. The van der Waals surface area contributed by atoms with Gasteiger partial charge in [-0.05, 0) is 97.6 Å². The monoisotopic (exact) mass is 916 g/mol. The van der Waals surface area contributed by atoms with Crippen molar-refractivity contribution in [3.8, 4) is 11.5 Å². The van der Waals surface area contributed by atoms with Crippen molar-refractivity contribution in [2.45, 2.75) is 67.2 Å². The van der Waals surface area contributed by atoms with Crippen LogP contribution in [0.3, 0.4) is 0 Å². The highest BCUT2D eigenvalue weighted by Gasteiger charge is 2.43. The number of thioether (sulfide) groups is 1. The minimum atomic E-state index is -4.32. The normalized spacial score (nSPS) is 22.4. The molecule has 5 aliphatic rings. The summed E-state index contributed by atoms with van der Waals surface area (Å²) in [5.74, 6) is -0.590. The van der Waals surface area contributed by atoms with Crippen LogP contribution in [0.4, 0.5) is 14.5 Å². The number of piperidine rings is 3. The Morgan fingerprint density at radius 2 is 1.66 bits per heavy atom. The van der Waals surface area contributed by atoms with Gasteiger partial charge in [0.2, 0.25) is 10.0 Å². The minimum Gasteiger partial charge on any atom is -0.489 e. The van der Waals surface area contributed by atoms with E-state index in [0.717, 1.165) is 54.8 Å². The lowest BCUT2D eigenvalue weighted by Gasteiger charge is -2.44. The van der Waals surface area contributed by atoms with Crippen molar-refractivity contribution in [2.24, 2.45) is 11.8 Å². The molecule has 0 amide bonds. The van der Waals surface area contributed by atoms with Crippen LogP contribution < -0.4 is 14.8 Å². The van der Waals surface area contributed by atoms with Crippen LogP contribution in [0.5, 0.6) is 11.5 Å². The molecule has 12 nitrogen and oxygen atoms in total. The Balaban J connectivity index is 1.03. The Hall–Kier alpha value is -4.19. The van der Waals surface area contributed by atoms with E-state index in [1.165, 1.54) is 42.7 Å². The number of nitrogens with one attached hydrogen (secondary N) is 1. The summed E-state index contributed by atoms with van der Waals surface area (Å²) in [5.41, 5.74) is 1.76. The summed E-state index contributed by atoms with van der Waals surface area (Å²) in [5, 5.41) is 2.34. The minimum absolute atomic E-state index is 0.00839. The summed E-state index contributed by atoms with van der Waals surface area (Å²) in [7, 11) is -4.32.